The molecule has 4 aromatic rings. The van der Waals surface area contributed by atoms with Crippen LogP contribution in [0.15, 0.2) is 91.5 Å². The average molecular weight is 350 g/mol. The zero-order valence-electron chi connectivity index (χ0n) is 15.0. The molecule has 3 heteroatoms. The van der Waals surface area contributed by atoms with Gasteiger partial charge in [-0.1, -0.05) is 78.4 Å². The summed E-state index contributed by atoms with van der Waals surface area (Å²) in [5, 5.41) is 0. The van der Waals surface area contributed by atoms with E-state index in [0.717, 1.165) is 27.8 Å². The molecule has 1 heterocycles. The molecule has 0 unspecified atom stereocenters. The Morgan fingerprint density at radius 3 is 1.96 bits per heavy atom. The van der Waals surface area contributed by atoms with E-state index in [1.165, 1.54) is 5.56 Å². The van der Waals surface area contributed by atoms with Crippen LogP contribution in [-0.4, -0.2) is 15.3 Å². The lowest BCUT2D eigenvalue weighted by Gasteiger charge is -2.42. The summed E-state index contributed by atoms with van der Waals surface area (Å²) in [5.74, 6) is 0.0732. The number of carbonyl (C=O) groups excluding carboxylic acids is 1. The minimum atomic E-state index is -0.634. The minimum absolute atomic E-state index is 0.0732. The number of imidazole rings is 1. The van der Waals surface area contributed by atoms with Crippen molar-refractivity contribution in [2.24, 2.45) is 0 Å². The second-order valence-corrected chi connectivity index (χ2v) is 6.97. The first-order valence-electron chi connectivity index (χ1n) is 9.02. The topological polar surface area (TPSA) is 34.9 Å². The quantitative estimate of drug-likeness (QED) is 0.467. The lowest BCUT2D eigenvalue weighted by atomic mass is 9.68. The SMILES string of the molecule is Cc1ccc(C2(n3ccnc3)c3ccccc3C(=O)c3ccccc32)cc1. The van der Waals surface area contributed by atoms with E-state index in [-0.39, 0.29) is 5.78 Å². The lowest BCUT2D eigenvalue weighted by molar-refractivity contribution is 0.103. The summed E-state index contributed by atoms with van der Waals surface area (Å²) < 4.78 is 2.11. The van der Waals surface area contributed by atoms with Crippen LogP contribution in [0, 0.1) is 6.92 Å². The van der Waals surface area contributed by atoms with E-state index in [2.05, 4.69) is 52.9 Å². The maximum Gasteiger partial charge on any atom is 0.193 e. The number of hydrogen-bond acceptors (Lipinski definition) is 2. The van der Waals surface area contributed by atoms with Crippen molar-refractivity contribution in [3.63, 3.8) is 0 Å². The molecule has 0 spiro atoms. The summed E-state index contributed by atoms with van der Waals surface area (Å²) >= 11 is 0. The predicted octanol–water partition coefficient (Wildman–Crippen LogP) is 4.58. The Kier molecular flexibility index (Phi) is 3.37. The molecule has 0 aliphatic heterocycles. The molecule has 27 heavy (non-hydrogen) atoms. The van der Waals surface area contributed by atoms with Crippen molar-refractivity contribution in [2.75, 3.05) is 0 Å². The monoisotopic (exact) mass is 350 g/mol. The van der Waals surface area contributed by atoms with Crippen LogP contribution in [0.25, 0.3) is 0 Å². The normalized spacial score (nSPS) is 14.5. The second-order valence-electron chi connectivity index (χ2n) is 6.97. The van der Waals surface area contributed by atoms with Crippen molar-refractivity contribution < 1.29 is 4.79 Å². The first-order chi connectivity index (χ1) is 13.2. The highest BCUT2D eigenvalue weighted by molar-refractivity contribution is 6.13. The minimum Gasteiger partial charge on any atom is -0.319 e. The van der Waals surface area contributed by atoms with Crippen molar-refractivity contribution in [2.45, 2.75) is 12.5 Å². The summed E-state index contributed by atoms with van der Waals surface area (Å²) in [5.41, 5.74) is 5.12. The molecular formula is C24H18N2O. The van der Waals surface area contributed by atoms with Crippen molar-refractivity contribution in [3.8, 4) is 0 Å². The summed E-state index contributed by atoms with van der Waals surface area (Å²) in [6.45, 7) is 2.08. The first-order valence-corrected chi connectivity index (χ1v) is 9.02. The average Bonchev–Trinajstić information content (AvgIpc) is 3.25. The molecule has 3 aromatic carbocycles. The standard InChI is InChI=1S/C24H18N2O/c1-17-10-12-18(13-11-17)24(26-15-14-25-16-26)21-8-4-2-6-19(21)23(27)20-7-3-5-9-22(20)24/h2-16H,1H3. The first kappa shape index (κ1) is 15.8. The highest BCUT2D eigenvalue weighted by atomic mass is 16.1. The molecule has 0 amide bonds. The van der Waals surface area contributed by atoms with Gasteiger partial charge in [0.15, 0.2) is 5.78 Å². The molecule has 0 radical (unpaired) electrons. The zero-order valence-corrected chi connectivity index (χ0v) is 15.0. The highest BCUT2D eigenvalue weighted by Crippen LogP contribution is 2.47. The predicted molar refractivity (Wildman–Crippen MR) is 105 cm³/mol. The van der Waals surface area contributed by atoms with Crippen molar-refractivity contribution in [1.29, 1.82) is 0 Å². The number of carbonyl (C=O) groups is 1. The molecule has 1 aliphatic rings. The maximum absolute atomic E-state index is 13.2. The number of nitrogens with zero attached hydrogens (tertiary/aromatic N) is 2. The number of ketones is 1. The number of aryl methyl sites for hydroxylation is 1. The second kappa shape index (κ2) is 5.78. The third-order valence-electron chi connectivity index (χ3n) is 5.48. The van der Waals surface area contributed by atoms with Crippen LogP contribution in [0.2, 0.25) is 0 Å². The van der Waals surface area contributed by atoms with Gasteiger partial charge in [0, 0.05) is 23.5 Å². The lowest BCUT2D eigenvalue weighted by Crippen LogP contribution is -2.42. The maximum atomic E-state index is 13.2. The number of hydrogen-bond donors (Lipinski definition) is 0. The van der Waals surface area contributed by atoms with Gasteiger partial charge in [-0.25, -0.2) is 4.98 Å². The van der Waals surface area contributed by atoms with E-state index in [0.29, 0.717) is 0 Å². The van der Waals surface area contributed by atoms with Gasteiger partial charge in [-0.15, -0.1) is 0 Å². The molecule has 1 aromatic heterocycles. The van der Waals surface area contributed by atoms with Crippen LogP contribution < -0.4 is 0 Å². The van der Waals surface area contributed by atoms with Gasteiger partial charge in [0.2, 0.25) is 0 Å². The fraction of sp³-hybridized carbons (Fsp3) is 0.0833. The van der Waals surface area contributed by atoms with E-state index in [9.17, 15) is 4.79 Å². The van der Waals surface area contributed by atoms with Crippen molar-refractivity contribution in [1.82, 2.24) is 9.55 Å². The largest absolute Gasteiger partial charge is 0.319 e. The Bertz CT molecular complexity index is 1090. The van der Waals surface area contributed by atoms with E-state index in [1.807, 2.05) is 48.9 Å². The van der Waals surface area contributed by atoms with Crippen molar-refractivity contribution >= 4 is 5.78 Å². The van der Waals surface area contributed by atoms with Crippen LogP contribution in [0.4, 0.5) is 0 Å². The Morgan fingerprint density at radius 1 is 0.815 bits per heavy atom. The molecule has 0 saturated heterocycles. The van der Waals surface area contributed by atoms with Crippen molar-refractivity contribution in [3.05, 3.63) is 125 Å². The van der Waals surface area contributed by atoms with Crippen LogP contribution in [-0.2, 0) is 5.54 Å². The van der Waals surface area contributed by atoms with Crippen LogP contribution in [0.5, 0.6) is 0 Å². The molecule has 130 valence electrons. The molecule has 0 atom stereocenters. The molecule has 0 bridgehead atoms. The van der Waals surface area contributed by atoms with Gasteiger partial charge in [0.1, 0.15) is 5.54 Å². The number of benzene rings is 3. The Hall–Kier alpha value is -3.46. The van der Waals surface area contributed by atoms with E-state index in [4.69, 9.17) is 0 Å². The smallest absolute Gasteiger partial charge is 0.193 e. The van der Waals surface area contributed by atoms with E-state index >= 15 is 0 Å². The highest BCUT2D eigenvalue weighted by Gasteiger charge is 2.46. The van der Waals surface area contributed by atoms with Gasteiger partial charge in [0.25, 0.3) is 0 Å². The number of fused-ring (bicyclic) bond motifs is 2. The Balaban J connectivity index is 1.98. The molecule has 0 saturated carbocycles. The Labute approximate surface area is 157 Å². The molecule has 0 fully saturated rings. The molecular weight excluding hydrogens is 332 g/mol. The summed E-state index contributed by atoms with van der Waals surface area (Å²) in [6.07, 6.45) is 5.60. The molecule has 0 N–H and O–H groups in total. The van der Waals surface area contributed by atoms with Crippen LogP contribution in [0.1, 0.15) is 38.2 Å². The molecule has 3 nitrogen and oxygen atoms in total. The van der Waals surface area contributed by atoms with Gasteiger partial charge in [-0.2, -0.15) is 0 Å². The number of rotatable bonds is 2. The molecule has 5 rings (SSSR count). The fourth-order valence-corrected chi connectivity index (χ4v) is 4.27. The summed E-state index contributed by atoms with van der Waals surface area (Å²) in [6, 6.07) is 24.4. The van der Waals surface area contributed by atoms with Gasteiger partial charge in [-0.3, -0.25) is 4.79 Å². The third kappa shape index (κ3) is 2.08. The van der Waals surface area contributed by atoms with Gasteiger partial charge < -0.3 is 4.57 Å². The van der Waals surface area contributed by atoms with Crippen LogP contribution >= 0.6 is 0 Å². The van der Waals surface area contributed by atoms with Gasteiger partial charge in [-0.05, 0) is 23.6 Å². The van der Waals surface area contributed by atoms with E-state index in [1.54, 1.807) is 6.20 Å². The Morgan fingerprint density at radius 2 is 1.41 bits per heavy atom. The number of aromatic nitrogens is 2. The molecule has 1 aliphatic carbocycles. The zero-order chi connectivity index (χ0) is 18.4. The van der Waals surface area contributed by atoms with Gasteiger partial charge in [0.05, 0.1) is 6.33 Å². The summed E-state index contributed by atoms with van der Waals surface area (Å²) in [4.78, 5) is 17.6. The van der Waals surface area contributed by atoms with Gasteiger partial charge >= 0.3 is 0 Å². The summed E-state index contributed by atoms with van der Waals surface area (Å²) in [7, 11) is 0. The third-order valence-corrected chi connectivity index (χ3v) is 5.48. The van der Waals surface area contributed by atoms with Crippen LogP contribution in [0.3, 0.4) is 0 Å². The van der Waals surface area contributed by atoms with E-state index < -0.39 is 5.54 Å². The fourth-order valence-electron chi connectivity index (χ4n) is 4.27.